The van der Waals surface area contributed by atoms with Gasteiger partial charge in [0.05, 0.1) is 0 Å². The maximum absolute atomic E-state index is 14.3. The van der Waals surface area contributed by atoms with Crippen LogP contribution in [0.4, 0.5) is 9.18 Å². The van der Waals surface area contributed by atoms with E-state index in [1.165, 1.54) is 23.3 Å². The van der Waals surface area contributed by atoms with Gasteiger partial charge in [-0.25, -0.2) is 14.0 Å². The summed E-state index contributed by atoms with van der Waals surface area (Å²) < 4.78 is 24.9. The molecule has 1 unspecified atom stereocenters. The van der Waals surface area contributed by atoms with Crippen molar-refractivity contribution < 1.29 is 33.4 Å². The van der Waals surface area contributed by atoms with Crippen LogP contribution in [0, 0.1) is 5.82 Å². The van der Waals surface area contributed by atoms with E-state index < -0.39 is 30.6 Å². The van der Waals surface area contributed by atoms with Crippen LogP contribution in [-0.4, -0.2) is 35.4 Å². The van der Waals surface area contributed by atoms with E-state index in [1.54, 1.807) is 24.3 Å². The minimum absolute atomic E-state index is 0.0828. The van der Waals surface area contributed by atoms with E-state index >= 15 is 0 Å². The molecule has 1 aliphatic rings. The van der Waals surface area contributed by atoms with Crippen LogP contribution in [0.5, 0.6) is 5.75 Å². The van der Waals surface area contributed by atoms with E-state index in [0.29, 0.717) is 29.1 Å². The Morgan fingerprint density at radius 1 is 1.06 bits per heavy atom. The molecule has 1 atom stereocenters. The van der Waals surface area contributed by atoms with Crippen molar-refractivity contribution in [2.24, 2.45) is 0 Å². The van der Waals surface area contributed by atoms with Gasteiger partial charge in [-0.1, -0.05) is 54.1 Å². The van der Waals surface area contributed by atoms with E-state index in [1.807, 2.05) is 24.3 Å². The van der Waals surface area contributed by atoms with Crippen molar-refractivity contribution in [1.82, 2.24) is 5.06 Å². The van der Waals surface area contributed by atoms with Gasteiger partial charge in [0.25, 0.3) is 0 Å². The first-order chi connectivity index (χ1) is 16.4. The minimum Gasteiger partial charge on any atom is -0.482 e. The van der Waals surface area contributed by atoms with E-state index in [0.717, 1.165) is 11.1 Å². The Balaban J connectivity index is 1.61. The highest BCUT2D eigenvalue weighted by atomic mass is 35.5. The zero-order valence-corrected chi connectivity index (χ0v) is 18.7. The van der Waals surface area contributed by atoms with Crippen LogP contribution in [0.3, 0.4) is 0 Å². The van der Waals surface area contributed by atoms with Crippen molar-refractivity contribution >= 4 is 23.7 Å². The van der Waals surface area contributed by atoms with Gasteiger partial charge < -0.3 is 19.4 Å². The largest absolute Gasteiger partial charge is 0.528 e. The first kappa shape index (κ1) is 23.5. The molecule has 1 N–H and O–H groups in total. The molecule has 0 radical (unpaired) electrons. The fourth-order valence-corrected chi connectivity index (χ4v) is 4.03. The third kappa shape index (κ3) is 5.47. The molecule has 3 aromatic carbocycles. The molecule has 0 aliphatic carbocycles. The first-order valence-corrected chi connectivity index (χ1v) is 10.9. The van der Waals surface area contributed by atoms with Gasteiger partial charge in [-0.3, -0.25) is 0 Å². The van der Waals surface area contributed by atoms with Gasteiger partial charge in [0.1, 0.15) is 24.2 Å². The third-order valence-corrected chi connectivity index (χ3v) is 5.72. The molecule has 0 bridgehead atoms. The molecule has 3 aromatic rings. The first-order valence-electron chi connectivity index (χ1n) is 10.5. The van der Waals surface area contributed by atoms with E-state index in [4.69, 9.17) is 31.0 Å². The lowest BCUT2D eigenvalue weighted by Crippen LogP contribution is -2.38. The molecular weight excluding hydrogens is 465 g/mol. The highest BCUT2D eigenvalue weighted by Crippen LogP contribution is 2.40. The monoisotopic (exact) mass is 485 g/mol. The fourth-order valence-electron chi connectivity index (χ4n) is 3.84. The van der Waals surface area contributed by atoms with Crippen LogP contribution in [0.15, 0.2) is 66.7 Å². The summed E-state index contributed by atoms with van der Waals surface area (Å²) in [6, 6.07) is 17.5. The average Bonchev–Trinajstić information content (AvgIpc) is 2.82. The number of carbonyl (C=O) groups is 2. The molecule has 1 aliphatic heterocycles. The molecule has 0 spiro atoms. The number of rotatable bonds is 7. The van der Waals surface area contributed by atoms with Gasteiger partial charge in [-0.05, 0) is 41.8 Å². The SMILES string of the molecule is O=C(O)COc1ccc(F)cc1C1c2ccccc2CCN1OC(=O)OCc1ccccc1Cl. The van der Waals surface area contributed by atoms with Crippen molar-refractivity contribution in [3.63, 3.8) is 0 Å². The van der Waals surface area contributed by atoms with Crippen molar-refractivity contribution in [3.8, 4) is 5.75 Å². The van der Waals surface area contributed by atoms with Gasteiger partial charge in [0.2, 0.25) is 0 Å². The number of benzene rings is 3. The van der Waals surface area contributed by atoms with Crippen molar-refractivity contribution in [2.45, 2.75) is 19.1 Å². The van der Waals surface area contributed by atoms with Crippen LogP contribution < -0.4 is 4.74 Å². The quantitative estimate of drug-likeness (QED) is 0.463. The van der Waals surface area contributed by atoms with Crippen LogP contribution in [0.2, 0.25) is 5.02 Å². The number of carboxylic acids is 1. The Morgan fingerprint density at radius 3 is 2.62 bits per heavy atom. The zero-order valence-electron chi connectivity index (χ0n) is 17.9. The molecule has 176 valence electrons. The van der Waals surface area contributed by atoms with Gasteiger partial charge in [0.15, 0.2) is 6.61 Å². The molecule has 4 rings (SSSR count). The lowest BCUT2D eigenvalue weighted by Gasteiger charge is -2.36. The minimum atomic E-state index is -1.17. The summed E-state index contributed by atoms with van der Waals surface area (Å²) in [6.45, 7) is -0.383. The van der Waals surface area contributed by atoms with Crippen LogP contribution >= 0.6 is 11.6 Å². The number of fused-ring (bicyclic) bond motifs is 1. The second-order valence-electron chi connectivity index (χ2n) is 7.58. The molecular formula is C25H21ClFNO6. The Labute approximate surface area is 200 Å². The summed E-state index contributed by atoms with van der Waals surface area (Å²) >= 11 is 6.11. The summed E-state index contributed by atoms with van der Waals surface area (Å²) in [5, 5.41) is 10.9. The molecule has 0 saturated carbocycles. The number of carboxylic acid groups (broad SMARTS) is 1. The smallest absolute Gasteiger partial charge is 0.482 e. The number of hydroxylamine groups is 2. The number of hydrogen-bond donors (Lipinski definition) is 1. The molecule has 1 heterocycles. The van der Waals surface area contributed by atoms with Gasteiger partial charge in [-0.2, -0.15) is 0 Å². The van der Waals surface area contributed by atoms with Crippen LogP contribution in [0.1, 0.15) is 28.3 Å². The summed E-state index contributed by atoms with van der Waals surface area (Å²) in [7, 11) is 0. The number of aliphatic carboxylic acids is 1. The molecule has 0 aromatic heterocycles. The maximum atomic E-state index is 14.3. The summed E-state index contributed by atoms with van der Waals surface area (Å²) in [6.07, 6.45) is -0.376. The van der Waals surface area contributed by atoms with Gasteiger partial charge in [0, 0.05) is 22.7 Å². The Bertz CT molecular complexity index is 1200. The lowest BCUT2D eigenvalue weighted by molar-refractivity contribution is -0.152. The van der Waals surface area contributed by atoms with E-state index in [2.05, 4.69) is 0 Å². The van der Waals surface area contributed by atoms with Gasteiger partial charge in [-0.15, -0.1) is 5.06 Å². The highest BCUT2D eigenvalue weighted by molar-refractivity contribution is 6.31. The van der Waals surface area contributed by atoms with E-state index in [9.17, 15) is 14.0 Å². The average molecular weight is 486 g/mol. The molecule has 34 heavy (non-hydrogen) atoms. The molecule has 9 heteroatoms. The van der Waals surface area contributed by atoms with E-state index in [-0.39, 0.29) is 12.4 Å². The Morgan fingerprint density at radius 2 is 1.82 bits per heavy atom. The van der Waals surface area contributed by atoms with Crippen LogP contribution in [0.25, 0.3) is 0 Å². The summed E-state index contributed by atoms with van der Waals surface area (Å²) in [5.74, 6) is -1.54. The van der Waals surface area contributed by atoms with Crippen molar-refractivity contribution in [3.05, 3.63) is 99.8 Å². The number of halogens is 2. The Hall–Kier alpha value is -3.62. The molecule has 0 saturated heterocycles. The third-order valence-electron chi connectivity index (χ3n) is 5.35. The number of hydrogen-bond acceptors (Lipinski definition) is 6. The topological polar surface area (TPSA) is 85.3 Å². The Kier molecular flexibility index (Phi) is 7.30. The number of ether oxygens (including phenoxy) is 2. The molecule has 0 fully saturated rings. The lowest BCUT2D eigenvalue weighted by atomic mass is 9.89. The van der Waals surface area contributed by atoms with Crippen molar-refractivity contribution in [2.75, 3.05) is 13.2 Å². The molecule has 7 nitrogen and oxygen atoms in total. The normalized spacial score (nSPS) is 15.3. The predicted molar refractivity (Wildman–Crippen MR) is 121 cm³/mol. The van der Waals surface area contributed by atoms with Crippen LogP contribution in [-0.2, 0) is 27.4 Å². The zero-order chi connectivity index (χ0) is 24.1. The summed E-state index contributed by atoms with van der Waals surface area (Å²) in [4.78, 5) is 29.1. The summed E-state index contributed by atoms with van der Waals surface area (Å²) in [5.41, 5.74) is 2.71. The highest BCUT2D eigenvalue weighted by Gasteiger charge is 2.34. The fraction of sp³-hybridized carbons (Fsp3) is 0.200. The maximum Gasteiger partial charge on any atom is 0.528 e. The number of carbonyl (C=O) groups excluding carboxylic acids is 1. The predicted octanol–water partition coefficient (Wildman–Crippen LogP) is 5.16. The number of nitrogens with zero attached hydrogens (tertiary/aromatic N) is 1. The second-order valence-corrected chi connectivity index (χ2v) is 7.99. The standard InChI is InChI=1S/C25H21ClFNO6/c26-21-8-4-2-6-17(21)14-33-25(31)34-28-12-11-16-5-1-3-7-19(16)24(28)20-13-18(27)9-10-22(20)32-15-23(29)30/h1-10,13,24H,11-12,14-15H2,(H,29,30). The van der Waals surface area contributed by atoms with Crippen molar-refractivity contribution in [1.29, 1.82) is 0 Å². The van der Waals surface area contributed by atoms with Gasteiger partial charge >= 0.3 is 12.1 Å². The second kappa shape index (κ2) is 10.5. The molecule has 0 amide bonds.